The highest BCUT2D eigenvalue weighted by atomic mass is 35.5. The molecular formula is C22H17ClFN3O2S. The Balaban J connectivity index is 1.73. The van der Waals surface area contributed by atoms with Gasteiger partial charge in [0.25, 0.3) is 0 Å². The minimum Gasteiger partial charge on any atom is -0.494 e. The van der Waals surface area contributed by atoms with E-state index in [1.807, 2.05) is 12.1 Å². The molecule has 0 bridgehead atoms. The van der Waals surface area contributed by atoms with Crippen molar-refractivity contribution in [1.29, 1.82) is 0 Å². The Morgan fingerprint density at radius 2 is 1.83 bits per heavy atom. The van der Waals surface area contributed by atoms with Crippen LogP contribution in [0, 0.1) is 5.82 Å². The normalized spacial score (nSPS) is 10.9. The van der Waals surface area contributed by atoms with Gasteiger partial charge in [-0.3, -0.25) is 14.7 Å². The molecule has 0 N–H and O–H groups in total. The van der Waals surface area contributed by atoms with Crippen molar-refractivity contribution >= 4 is 44.2 Å². The summed E-state index contributed by atoms with van der Waals surface area (Å²) in [4.78, 5) is 23.5. The van der Waals surface area contributed by atoms with E-state index in [1.54, 1.807) is 48.7 Å². The lowest BCUT2D eigenvalue weighted by atomic mass is 10.1. The molecule has 8 heteroatoms. The van der Waals surface area contributed by atoms with Gasteiger partial charge in [0.15, 0.2) is 5.13 Å². The van der Waals surface area contributed by atoms with Crippen LogP contribution in [-0.2, 0) is 17.8 Å². The van der Waals surface area contributed by atoms with Crippen LogP contribution in [0.5, 0.6) is 5.75 Å². The molecular weight excluding hydrogens is 425 g/mol. The molecule has 1 amide bonds. The number of hydrogen-bond donors (Lipinski definition) is 0. The molecule has 0 aliphatic heterocycles. The fourth-order valence-corrected chi connectivity index (χ4v) is 4.30. The second-order valence-corrected chi connectivity index (χ2v) is 7.95. The Morgan fingerprint density at radius 1 is 1.10 bits per heavy atom. The van der Waals surface area contributed by atoms with E-state index in [-0.39, 0.29) is 18.1 Å². The minimum absolute atomic E-state index is 0.117. The summed E-state index contributed by atoms with van der Waals surface area (Å²) >= 11 is 7.68. The number of rotatable bonds is 6. The molecule has 0 spiro atoms. The van der Waals surface area contributed by atoms with Crippen LogP contribution in [0.4, 0.5) is 9.52 Å². The topological polar surface area (TPSA) is 55.3 Å². The van der Waals surface area contributed by atoms with E-state index in [0.29, 0.717) is 28.0 Å². The van der Waals surface area contributed by atoms with Crippen LogP contribution in [0.2, 0.25) is 5.02 Å². The molecule has 0 saturated heterocycles. The quantitative estimate of drug-likeness (QED) is 0.409. The number of fused-ring (bicyclic) bond motifs is 1. The molecule has 0 aliphatic carbocycles. The zero-order valence-electron chi connectivity index (χ0n) is 16.0. The number of benzene rings is 2. The third kappa shape index (κ3) is 4.27. The lowest BCUT2D eigenvalue weighted by Crippen LogP contribution is -2.31. The summed E-state index contributed by atoms with van der Waals surface area (Å²) < 4.78 is 19.4. The molecule has 4 rings (SSSR count). The average Bonchev–Trinajstić information content (AvgIpc) is 3.21. The van der Waals surface area contributed by atoms with Crippen molar-refractivity contribution in [3.8, 4) is 5.75 Å². The summed E-state index contributed by atoms with van der Waals surface area (Å²) in [5.41, 5.74) is 2.24. The summed E-state index contributed by atoms with van der Waals surface area (Å²) in [6.07, 6.45) is 3.47. The smallest absolute Gasteiger partial charge is 0.233 e. The number of nitrogens with zero attached hydrogens (tertiary/aromatic N) is 3. The number of methoxy groups -OCH3 is 1. The minimum atomic E-state index is -0.340. The highest BCUT2D eigenvalue weighted by Gasteiger charge is 2.22. The number of aromatic nitrogens is 2. The zero-order chi connectivity index (χ0) is 21.1. The van der Waals surface area contributed by atoms with Crippen molar-refractivity contribution in [3.05, 3.63) is 82.9 Å². The summed E-state index contributed by atoms with van der Waals surface area (Å²) in [5.74, 6) is 0.0899. The van der Waals surface area contributed by atoms with Crippen molar-refractivity contribution in [2.24, 2.45) is 0 Å². The van der Waals surface area contributed by atoms with E-state index in [9.17, 15) is 9.18 Å². The van der Waals surface area contributed by atoms with Crippen LogP contribution < -0.4 is 9.64 Å². The van der Waals surface area contributed by atoms with Crippen LogP contribution >= 0.6 is 22.9 Å². The maximum Gasteiger partial charge on any atom is 0.233 e. The lowest BCUT2D eigenvalue weighted by molar-refractivity contribution is -0.118. The number of carbonyl (C=O) groups excluding carboxylic acids is 1. The number of pyridine rings is 1. The number of anilines is 1. The van der Waals surface area contributed by atoms with E-state index >= 15 is 0 Å². The highest BCUT2D eigenvalue weighted by Crippen LogP contribution is 2.39. The van der Waals surface area contributed by atoms with Gasteiger partial charge in [-0.1, -0.05) is 35.1 Å². The molecule has 152 valence electrons. The van der Waals surface area contributed by atoms with Gasteiger partial charge in [0, 0.05) is 12.4 Å². The predicted molar refractivity (Wildman–Crippen MR) is 117 cm³/mol. The monoisotopic (exact) mass is 441 g/mol. The largest absolute Gasteiger partial charge is 0.494 e. The van der Waals surface area contributed by atoms with Crippen LogP contribution in [0.25, 0.3) is 10.2 Å². The molecule has 0 saturated carbocycles. The fraction of sp³-hybridized carbons (Fsp3) is 0.136. The standard InChI is InChI=1S/C22H17ClFN3O2S/c1-29-18-7-6-17(23)21-20(18)26-22(30-21)27(13-15-8-10-25-11-9-15)19(28)12-14-2-4-16(24)5-3-14/h2-11H,12-13H2,1H3. The SMILES string of the molecule is COc1ccc(Cl)c2sc(N(Cc3ccncc3)C(=O)Cc3ccc(F)cc3)nc12. The molecule has 0 fully saturated rings. The fourth-order valence-electron chi connectivity index (χ4n) is 3.03. The predicted octanol–water partition coefficient (Wildman–Crippen LogP) is 5.27. The summed E-state index contributed by atoms with van der Waals surface area (Å²) in [6, 6.07) is 13.1. The maximum atomic E-state index is 13.2. The Kier molecular flexibility index (Phi) is 5.92. The Morgan fingerprint density at radius 3 is 2.53 bits per heavy atom. The van der Waals surface area contributed by atoms with Crippen LogP contribution in [0.1, 0.15) is 11.1 Å². The molecule has 4 aromatic rings. The van der Waals surface area contributed by atoms with Gasteiger partial charge in [-0.2, -0.15) is 0 Å². The van der Waals surface area contributed by atoms with E-state index < -0.39 is 0 Å². The van der Waals surface area contributed by atoms with Crippen molar-refractivity contribution in [2.75, 3.05) is 12.0 Å². The summed E-state index contributed by atoms with van der Waals surface area (Å²) in [6.45, 7) is 0.322. The highest BCUT2D eigenvalue weighted by molar-refractivity contribution is 7.23. The first-order chi connectivity index (χ1) is 14.5. The second-order valence-electron chi connectivity index (χ2n) is 6.56. The third-order valence-corrected chi connectivity index (χ3v) is 6.10. The molecule has 2 aromatic carbocycles. The second kappa shape index (κ2) is 8.77. The van der Waals surface area contributed by atoms with E-state index in [0.717, 1.165) is 15.8 Å². The van der Waals surface area contributed by atoms with Crippen molar-refractivity contribution < 1.29 is 13.9 Å². The summed E-state index contributed by atoms with van der Waals surface area (Å²) in [7, 11) is 1.57. The van der Waals surface area contributed by atoms with Crippen molar-refractivity contribution in [1.82, 2.24) is 9.97 Å². The summed E-state index contributed by atoms with van der Waals surface area (Å²) in [5, 5.41) is 1.06. The number of carbonyl (C=O) groups is 1. The van der Waals surface area contributed by atoms with E-state index in [2.05, 4.69) is 9.97 Å². The number of hydrogen-bond acceptors (Lipinski definition) is 5. The van der Waals surface area contributed by atoms with Crippen molar-refractivity contribution in [2.45, 2.75) is 13.0 Å². The molecule has 0 unspecified atom stereocenters. The average molecular weight is 442 g/mol. The van der Waals surface area contributed by atoms with Gasteiger partial charge in [0.1, 0.15) is 17.1 Å². The van der Waals surface area contributed by atoms with Gasteiger partial charge in [-0.25, -0.2) is 9.37 Å². The van der Waals surface area contributed by atoms with Gasteiger partial charge < -0.3 is 4.74 Å². The molecule has 2 heterocycles. The molecule has 0 radical (unpaired) electrons. The van der Waals surface area contributed by atoms with Gasteiger partial charge in [-0.05, 0) is 47.5 Å². The first-order valence-corrected chi connectivity index (χ1v) is 10.3. The van der Waals surface area contributed by atoms with Gasteiger partial charge in [0.05, 0.1) is 29.8 Å². The first-order valence-electron chi connectivity index (χ1n) is 9.12. The first kappa shape index (κ1) is 20.3. The number of thiazole rings is 1. The number of halogens is 2. The Labute approximate surface area is 181 Å². The molecule has 2 aromatic heterocycles. The third-order valence-electron chi connectivity index (χ3n) is 4.56. The Bertz CT molecular complexity index is 1180. The molecule has 30 heavy (non-hydrogen) atoms. The maximum absolute atomic E-state index is 13.2. The van der Waals surface area contributed by atoms with Gasteiger partial charge >= 0.3 is 0 Å². The van der Waals surface area contributed by atoms with Crippen molar-refractivity contribution in [3.63, 3.8) is 0 Å². The van der Waals surface area contributed by atoms with E-state index in [1.165, 1.54) is 23.5 Å². The van der Waals surface area contributed by atoms with Gasteiger partial charge in [0.2, 0.25) is 5.91 Å². The van der Waals surface area contributed by atoms with Crippen LogP contribution in [-0.4, -0.2) is 23.0 Å². The zero-order valence-corrected chi connectivity index (χ0v) is 17.6. The number of amides is 1. The molecule has 0 aliphatic rings. The van der Waals surface area contributed by atoms with Crippen LogP contribution in [0.15, 0.2) is 60.9 Å². The lowest BCUT2D eigenvalue weighted by Gasteiger charge is -2.20. The number of ether oxygens (including phenoxy) is 1. The van der Waals surface area contributed by atoms with Gasteiger partial charge in [-0.15, -0.1) is 0 Å². The molecule has 0 atom stereocenters. The van der Waals surface area contributed by atoms with E-state index in [4.69, 9.17) is 16.3 Å². The Hall–Kier alpha value is -3.03. The molecule has 5 nitrogen and oxygen atoms in total. The van der Waals surface area contributed by atoms with Crippen LogP contribution in [0.3, 0.4) is 0 Å².